The highest BCUT2D eigenvalue weighted by molar-refractivity contribution is 5.86. The smallest absolute Gasteiger partial charge is 0.230 e. The Balaban J connectivity index is 1.29. The van der Waals surface area contributed by atoms with E-state index < -0.39 is 5.82 Å². The minimum atomic E-state index is -0.425. The lowest BCUT2D eigenvalue weighted by Gasteiger charge is -2.41. The highest BCUT2D eigenvalue weighted by Crippen LogP contribution is 2.43. The molecule has 2 aliphatic heterocycles. The number of aromatic nitrogens is 1. The summed E-state index contributed by atoms with van der Waals surface area (Å²) in [5.41, 5.74) is 0.405. The fourth-order valence-corrected chi connectivity index (χ4v) is 5.60. The Kier molecular flexibility index (Phi) is 5.76. The predicted molar refractivity (Wildman–Crippen MR) is 119 cm³/mol. The van der Waals surface area contributed by atoms with Gasteiger partial charge in [-0.1, -0.05) is 0 Å². The number of aliphatic hydroxyl groups is 1. The van der Waals surface area contributed by atoms with Crippen LogP contribution in [0.15, 0.2) is 42.7 Å². The molecule has 0 unspecified atom stereocenters. The van der Waals surface area contributed by atoms with Crippen LogP contribution in [-0.2, 0) is 4.79 Å². The monoisotopic (exact) mass is 439 g/mol. The number of carbonyl (C=O) groups is 1. The second kappa shape index (κ2) is 8.70. The van der Waals surface area contributed by atoms with E-state index in [9.17, 15) is 14.3 Å². The number of anilines is 1. The van der Waals surface area contributed by atoms with Gasteiger partial charge in [0.1, 0.15) is 5.75 Å². The van der Waals surface area contributed by atoms with Gasteiger partial charge in [-0.2, -0.15) is 0 Å². The number of piperidine rings is 1. The van der Waals surface area contributed by atoms with Gasteiger partial charge >= 0.3 is 0 Å². The average molecular weight is 440 g/mol. The largest absolute Gasteiger partial charge is 0.453 e. The summed E-state index contributed by atoms with van der Waals surface area (Å²) in [5, 5.41) is 9.81. The molecule has 3 fully saturated rings. The Bertz CT molecular complexity index is 964. The van der Waals surface area contributed by atoms with E-state index in [0.717, 1.165) is 63.7 Å². The second-order valence-corrected chi connectivity index (χ2v) is 9.42. The molecule has 2 aromatic rings. The zero-order valence-electron chi connectivity index (χ0n) is 18.3. The molecule has 1 amide bonds. The Morgan fingerprint density at radius 1 is 1.12 bits per heavy atom. The van der Waals surface area contributed by atoms with Crippen molar-refractivity contribution < 1.29 is 19.0 Å². The molecule has 170 valence electrons. The summed E-state index contributed by atoms with van der Waals surface area (Å²) in [6.07, 6.45) is 8.95. The summed E-state index contributed by atoms with van der Waals surface area (Å²) < 4.78 is 20.4. The van der Waals surface area contributed by atoms with Crippen molar-refractivity contribution >= 4 is 11.6 Å². The fraction of sp³-hybridized carbons (Fsp3) is 0.520. The third-order valence-corrected chi connectivity index (χ3v) is 7.37. The van der Waals surface area contributed by atoms with Crippen LogP contribution < -0.4 is 9.64 Å². The number of ether oxygens (including phenoxy) is 1. The first kappa shape index (κ1) is 21.2. The van der Waals surface area contributed by atoms with Gasteiger partial charge in [0.2, 0.25) is 5.91 Å². The lowest BCUT2D eigenvalue weighted by molar-refractivity contribution is -0.139. The van der Waals surface area contributed by atoms with Crippen molar-refractivity contribution in [2.24, 2.45) is 5.41 Å². The highest BCUT2D eigenvalue weighted by atomic mass is 19.1. The van der Waals surface area contributed by atoms with Gasteiger partial charge in [-0.05, 0) is 69.2 Å². The Hall–Kier alpha value is -2.67. The van der Waals surface area contributed by atoms with Gasteiger partial charge in [-0.15, -0.1) is 0 Å². The standard InChI is InChI=1S/C25H30FN3O3/c26-22-15-19(6-9-23(22)32-21-3-1-12-27-16-21)28-13-2-10-25(17-28)11-14-29(24(25)31)18-4-7-20(30)8-5-18/h1,3,6,9,12,15-16,18,20,30H,2,4-5,7-8,10-11,13-14,17H2/t18?,20?,25-/m0/s1. The van der Waals surface area contributed by atoms with Crippen LogP contribution in [0.2, 0.25) is 0 Å². The van der Waals surface area contributed by atoms with Crippen LogP contribution >= 0.6 is 0 Å². The third-order valence-electron chi connectivity index (χ3n) is 7.37. The van der Waals surface area contributed by atoms with Crippen LogP contribution in [0.1, 0.15) is 44.9 Å². The average Bonchev–Trinajstić information content (AvgIpc) is 3.12. The van der Waals surface area contributed by atoms with E-state index in [1.807, 2.05) is 6.07 Å². The maximum Gasteiger partial charge on any atom is 0.230 e. The number of likely N-dealkylation sites (tertiary alicyclic amines) is 1. The van der Waals surface area contributed by atoms with Gasteiger partial charge < -0.3 is 19.6 Å². The first-order valence-corrected chi connectivity index (χ1v) is 11.7. The highest BCUT2D eigenvalue weighted by Gasteiger charge is 2.50. The molecule has 0 bridgehead atoms. The molecule has 7 heteroatoms. The number of carbonyl (C=O) groups excluding carboxylic acids is 1. The first-order valence-electron chi connectivity index (χ1n) is 11.7. The van der Waals surface area contributed by atoms with Crippen molar-refractivity contribution in [3.63, 3.8) is 0 Å². The Labute approximate surface area is 188 Å². The van der Waals surface area contributed by atoms with Crippen molar-refractivity contribution in [2.45, 2.75) is 57.1 Å². The van der Waals surface area contributed by atoms with E-state index >= 15 is 0 Å². The van der Waals surface area contributed by atoms with E-state index in [2.05, 4.69) is 14.8 Å². The van der Waals surface area contributed by atoms with E-state index in [4.69, 9.17) is 4.74 Å². The van der Waals surface area contributed by atoms with Crippen LogP contribution in [0.25, 0.3) is 0 Å². The maximum absolute atomic E-state index is 14.8. The zero-order valence-corrected chi connectivity index (χ0v) is 18.3. The summed E-state index contributed by atoms with van der Waals surface area (Å²) in [7, 11) is 0. The van der Waals surface area contributed by atoms with E-state index in [1.165, 1.54) is 6.07 Å². The number of aliphatic hydroxyl groups excluding tert-OH is 1. The van der Waals surface area contributed by atoms with Gasteiger partial charge in [0, 0.05) is 43.6 Å². The van der Waals surface area contributed by atoms with Crippen molar-refractivity contribution in [1.29, 1.82) is 0 Å². The minimum absolute atomic E-state index is 0.163. The molecule has 3 aliphatic rings. The summed E-state index contributed by atoms with van der Waals surface area (Å²) >= 11 is 0. The van der Waals surface area contributed by atoms with Crippen molar-refractivity contribution in [2.75, 3.05) is 24.5 Å². The van der Waals surface area contributed by atoms with Gasteiger partial charge in [-0.25, -0.2) is 4.39 Å². The Morgan fingerprint density at radius 3 is 2.72 bits per heavy atom. The number of amides is 1. The summed E-state index contributed by atoms with van der Waals surface area (Å²) in [4.78, 5) is 21.7. The molecule has 1 aliphatic carbocycles. The molecule has 5 rings (SSSR count). The number of hydrogen-bond acceptors (Lipinski definition) is 5. The van der Waals surface area contributed by atoms with Gasteiger partial charge in [0.05, 0.1) is 17.7 Å². The zero-order chi connectivity index (χ0) is 22.1. The number of pyridine rings is 1. The lowest BCUT2D eigenvalue weighted by atomic mass is 9.78. The summed E-state index contributed by atoms with van der Waals surface area (Å²) in [5.74, 6) is 0.478. The number of rotatable bonds is 4. The molecule has 1 atom stereocenters. The second-order valence-electron chi connectivity index (χ2n) is 9.42. The topological polar surface area (TPSA) is 65.9 Å². The van der Waals surface area contributed by atoms with Crippen LogP contribution in [-0.4, -0.2) is 52.7 Å². The summed E-state index contributed by atoms with van der Waals surface area (Å²) in [6, 6.07) is 8.75. The third kappa shape index (κ3) is 4.06. The van der Waals surface area contributed by atoms with Crippen molar-refractivity contribution in [3.05, 3.63) is 48.5 Å². The maximum atomic E-state index is 14.8. The molecule has 1 aromatic carbocycles. The molecule has 1 saturated carbocycles. The SMILES string of the molecule is O=C1N(C2CCC(O)CC2)CC[C@]12CCCN(c1ccc(Oc3cccnc3)c(F)c1)C2. The summed E-state index contributed by atoms with van der Waals surface area (Å²) in [6.45, 7) is 2.23. The van der Waals surface area contributed by atoms with E-state index in [0.29, 0.717) is 12.3 Å². The quantitative estimate of drug-likeness (QED) is 0.776. The molecule has 3 heterocycles. The molecule has 0 radical (unpaired) electrons. The van der Waals surface area contributed by atoms with Crippen LogP contribution in [0, 0.1) is 11.2 Å². The van der Waals surface area contributed by atoms with Crippen molar-refractivity contribution in [1.82, 2.24) is 9.88 Å². The van der Waals surface area contributed by atoms with Gasteiger partial charge in [0.25, 0.3) is 0 Å². The number of benzene rings is 1. The molecule has 1 N–H and O–H groups in total. The Morgan fingerprint density at radius 2 is 1.97 bits per heavy atom. The van der Waals surface area contributed by atoms with E-state index in [1.54, 1.807) is 30.6 Å². The number of halogens is 1. The van der Waals surface area contributed by atoms with Crippen LogP contribution in [0.4, 0.5) is 10.1 Å². The van der Waals surface area contributed by atoms with Crippen LogP contribution in [0.5, 0.6) is 11.5 Å². The number of nitrogens with zero attached hydrogens (tertiary/aromatic N) is 3. The minimum Gasteiger partial charge on any atom is -0.453 e. The van der Waals surface area contributed by atoms with E-state index in [-0.39, 0.29) is 29.2 Å². The molecule has 6 nitrogen and oxygen atoms in total. The van der Waals surface area contributed by atoms with Crippen molar-refractivity contribution in [3.8, 4) is 11.5 Å². The van der Waals surface area contributed by atoms with Gasteiger partial charge in [0.15, 0.2) is 11.6 Å². The molecule has 1 aromatic heterocycles. The number of hydrogen-bond donors (Lipinski definition) is 1. The molecule has 32 heavy (non-hydrogen) atoms. The fourth-order valence-electron chi connectivity index (χ4n) is 5.60. The molecule has 2 saturated heterocycles. The first-order chi connectivity index (χ1) is 15.5. The molecular formula is C25H30FN3O3. The lowest BCUT2D eigenvalue weighted by Crippen LogP contribution is -2.50. The normalized spacial score (nSPS) is 28.4. The van der Waals surface area contributed by atoms with Gasteiger partial charge in [-0.3, -0.25) is 9.78 Å². The molecular weight excluding hydrogens is 409 g/mol. The van der Waals surface area contributed by atoms with Crippen LogP contribution in [0.3, 0.4) is 0 Å². The molecule has 1 spiro atoms. The predicted octanol–water partition coefficient (Wildman–Crippen LogP) is 4.14.